The molecule has 6 heteroatoms. The third-order valence-electron chi connectivity index (χ3n) is 0.758. The van der Waals surface area contributed by atoms with Gasteiger partial charge in [0.2, 0.25) is 0 Å². The molecule has 0 radical (unpaired) electrons. The minimum Gasteiger partial charge on any atom is -0.550 e. The van der Waals surface area contributed by atoms with Crippen LogP contribution in [-0.2, 0) is 4.79 Å². The molecule has 0 fully saturated rings. The summed E-state index contributed by atoms with van der Waals surface area (Å²) in [7, 11) is 0. The normalized spacial score (nSPS) is 11.7. The number of azide groups is 1. The van der Waals surface area contributed by atoms with Crippen LogP contribution in [0.5, 0.6) is 0 Å². The van der Waals surface area contributed by atoms with Gasteiger partial charge in [-0.2, -0.15) is 0 Å². The number of aliphatic hydroxyl groups is 1. The molecule has 0 aliphatic carbocycles. The minimum absolute atomic E-state index is 0.232. The molecular weight excluding hydrogens is 138 g/mol. The number of carbonyl (C=O) groups excluding carboxylic acids is 1. The van der Waals surface area contributed by atoms with Crippen LogP contribution in [0.15, 0.2) is 5.11 Å². The van der Waals surface area contributed by atoms with Crippen LogP contribution in [0, 0.1) is 0 Å². The standard InChI is InChI=1S/C4H7N3O3/c5-7-6-2-3(8)1-4(9)10/h3,8H,1-2H2,(H,9,10)/p-1. The highest BCUT2D eigenvalue weighted by atomic mass is 16.4. The lowest BCUT2D eigenvalue weighted by atomic mass is 10.3. The second kappa shape index (κ2) is 4.60. The summed E-state index contributed by atoms with van der Waals surface area (Å²) in [5, 5.41) is 21.4. The molecule has 0 aliphatic rings. The van der Waals surface area contributed by atoms with Gasteiger partial charge in [0.15, 0.2) is 0 Å². The zero-order chi connectivity index (χ0) is 7.98. The second-order valence-corrected chi connectivity index (χ2v) is 1.64. The van der Waals surface area contributed by atoms with Gasteiger partial charge in [-0.25, -0.2) is 0 Å². The Kier molecular flexibility index (Phi) is 4.02. The Labute approximate surface area is 56.7 Å². The van der Waals surface area contributed by atoms with Crippen LogP contribution in [0.25, 0.3) is 10.4 Å². The van der Waals surface area contributed by atoms with Crippen molar-refractivity contribution in [1.82, 2.24) is 0 Å². The molecule has 0 aromatic carbocycles. The molecule has 56 valence electrons. The molecule has 0 aliphatic heterocycles. The minimum atomic E-state index is -1.36. The molecule has 0 saturated heterocycles. The van der Waals surface area contributed by atoms with E-state index in [-0.39, 0.29) is 6.54 Å². The molecule has 0 bridgehead atoms. The zero-order valence-corrected chi connectivity index (χ0v) is 5.10. The topological polar surface area (TPSA) is 109 Å². The van der Waals surface area contributed by atoms with Gasteiger partial charge in [0, 0.05) is 17.3 Å². The summed E-state index contributed by atoms with van der Waals surface area (Å²) in [6.45, 7) is -0.232. The lowest BCUT2D eigenvalue weighted by Gasteiger charge is -2.05. The molecule has 10 heavy (non-hydrogen) atoms. The molecule has 1 unspecified atom stereocenters. The zero-order valence-electron chi connectivity index (χ0n) is 5.10. The SMILES string of the molecule is [N-]=[N+]=NCC(O)CC(=O)[O-]. The number of nitrogens with zero attached hydrogens (tertiary/aromatic N) is 3. The van der Waals surface area contributed by atoms with E-state index in [2.05, 4.69) is 10.0 Å². The van der Waals surface area contributed by atoms with Gasteiger partial charge >= 0.3 is 0 Å². The number of hydrogen-bond acceptors (Lipinski definition) is 4. The summed E-state index contributed by atoms with van der Waals surface area (Å²) in [6, 6.07) is 0. The lowest BCUT2D eigenvalue weighted by Crippen LogP contribution is -2.28. The van der Waals surface area contributed by atoms with Crippen LogP contribution in [0.2, 0.25) is 0 Å². The maximum absolute atomic E-state index is 9.77. The largest absolute Gasteiger partial charge is 0.550 e. The van der Waals surface area contributed by atoms with Gasteiger partial charge in [-0.1, -0.05) is 5.11 Å². The quantitative estimate of drug-likeness (QED) is 0.304. The number of carbonyl (C=O) groups is 1. The molecule has 0 spiro atoms. The fourth-order valence-corrected chi connectivity index (χ4v) is 0.388. The van der Waals surface area contributed by atoms with Crippen molar-refractivity contribution in [2.24, 2.45) is 5.11 Å². The van der Waals surface area contributed by atoms with Gasteiger partial charge in [-0.3, -0.25) is 0 Å². The first-order valence-electron chi connectivity index (χ1n) is 2.55. The Morgan fingerprint density at radius 2 is 2.50 bits per heavy atom. The van der Waals surface area contributed by atoms with Crippen molar-refractivity contribution in [1.29, 1.82) is 0 Å². The third kappa shape index (κ3) is 4.89. The fourth-order valence-electron chi connectivity index (χ4n) is 0.388. The van der Waals surface area contributed by atoms with Crippen LogP contribution in [0.4, 0.5) is 0 Å². The van der Waals surface area contributed by atoms with Gasteiger partial charge in [-0.05, 0) is 5.53 Å². The molecule has 0 saturated carbocycles. The Hall–Kier alpha value is -1.26. The maximum Gasteiger partial charge on any atom is 0.0648 e. The molecule has 0 heterocycles. The van der Waals surface area contributed by atoms with Crippen molar-refractivity contribution in [2.45, 2.75) is 12.5 Å². The van der Waals surface area contributed by atoms with Crippen LogP contribution >= 0.6 is 0 Å². The maximum atomic E-state index is 9.77. The molecule has 1 N–H and O–H groups in total. The molecule has 1 atom stereocenters. The first-order valence-corrected chi connectivity index (χ1v) is 2.55. The number of aliphatic hydroxyl groups excluding tert-OH is 1. The van der Waals surface area contributed by atoms with E-state index in [1.165, 1.54) is 0 Å². The first-order chi connectivity index (χ1) is 4.66. The summed E-state index contributed by atoms with van der Waals surface area (Å²) in [5.41, 5.74) is 7.73. The predicted molar refractivity (Wildman–Crippen MR) is 29.6 cm³/mol. The average Bonchev–Trinajstić information content (AvgIpc) is 1.82. The van der Waals surface area contributed by atoms with Crippen molar-refractivity contribution in [3.05, 3.63) is 10.4 Å². The number of hydrogen-bond donors (Lipinski definition) is 1. The summed E-state index contributed by atoms with van der Waals surface area (Å²) >= 11 is 0. The van der Waals surface area contributed by atoms with Gasteiger partial charge in [0.05, 0.1) is 12.6 Å². The van der Waals surface area contributed by atoms with E-state index >= 15 is 0 Å². The number of aliphatic carboxylic acids is 1. The van der Waals surface area contributed by atoms with E-state index < -0.39 is 18.5 Å². The fraction of sp³-hybridized carbons (Fsp3) is 0.750. The average molecular weight is 144 g/mol. The first kappa shape index (κ1) is 8.74. The van der Waals surface area contributed by atoms with Crippen molar-refractivity contribution in [2.75, 3.05) is 6.54 Å². The van der Waals surface area contributed by atoms with Gasteiger partial charge < -0.3 is 15.0 Å². The van der Waals surface area contributed by atoms with Crippen LogP contribution in [-0.4, -0.2) is 23.7 Å². The lowest BCUT2D eigenvalue weighted by molar-refractivity contribution is -0.307. The number of rotatable bonds is 4. The van der Waals surface area contributed by atoms with Gasteiger partial charge in [0.25, 0.3) is 0 Å². The highest BCUT2D eigenvalue weighted by molar-refractivity contribution is 5.64. The van der Waals surface area contributed by atoms with Crippen molar-refractivity contribution >= 4 is 5.97 Å². The summed E-state index contributed by atoms with van der Waals surface area (Å²) in [5.74, 6) is -1.36. The molecular formula is C4H6N3O3-. The summed E-state index contributed by atoms with van der Waals surface area (Å²) in [4.78, 5) is 12.1. The Morgan fingerprint density at radius 3 is 2.90 bits per heavy atom. The van der Waals surface area contributed by atoms with E-state index in [1.807, 2.05) is 0 Å². The predicted octanol–water partition coefficient (Wildman–Crippen LogP) is -1.20. The highest BCUT2D eigenvalue weighted by Gasteiger charge is 2.00. The Balaban J connectivity index is 3.52. The summed E-state index contributed by atoms with van der Waals surface area (Å²) in [6.07, 6.45) is -1.64. The van der Waals surface area contributed by atoms with Gasteiger partial charge in [-0.15, -0.1) is 0 Å². The number of carboxylic acids is 1. The smallest absolute Gasteiger partial charge is 0.0648 e. The summed E-state index contributed by atoms with van der Waals surface area (Å²) < 4.78 is 0. The van der Waals surface area contributed by atoms with Crippen LogP contribution in [0.3, 0.4) is 0 Å². The molecule has 0 aromatic heterocycles. The van der Waals surface area contributed by atoms with Crippen LogP contribution in [0.1, 0.15) is 6.42 Å². The second-order valence-electron chi connectivity index (χ2n) is 1.64. The molecule has 0 rings (SSSR count). The third-order valence-corrected chi connectivity index (χ3v) is 0.758. The molecule has 6 nitrogen and oxygen atoms in total. The Morgan fingerprint density at radius 1 is 1.90 bits per heavy atom. The van der Waals surface area contributed by atoms with Crippen LogP contribution < -0.4 is 5.11 Å². The molecule has 0 aromatic rings. The Bertz CT molecular complexity index is 159. The highest BCUT2D eigenvalue weighted by Crippen LogP contribution is 1.89. The number of carboxylic acid groups (broad SMARTS) is 1. The molecule has 0 amide bonds. The van der Waals surface area contributed by atoms with Crippen molar-refractivity contribution < 1.29 is 15.0 Å². The van der Waals surface area contributed by atoms with Gasteiger partial charge in [0.1, 0.15) is 0 Å². The van der Waals surface area contributed by atoms with E-state index in [9.17, 15) is 9.90 Å². The van der Waals surface area contributed by atoms with E-state index in [0.29, 0.717) is 0 Å². The van der Waals surface area contributed by atoms with Crippen molar-refractivity contribution in [3.8, 4) is 0 Å². The van der Waals surface area contributed by atoms with Crippen molar-refractivity contribution in [3.63, 3.8) is 0 Å². The monoisotopic (exact) mass is 144 g/mol. The van der Waals surface area contributed by atoms with E-state index in [0.717, 1.165) is 0 Å². The van der Waals surface area contributed by atoms with E-state index in [4.69, 9.17) is 10.6 Å². The van der Waals surface area contributed by atoms with E-state index in [1.54, 1.807) is 0 Å².